The highest BCUT2D eigenvalue weighted by molar-refractivity contribution is 5.79. The fraction of sp³-hybridized carbons (Fsp3) is 0.900. The molecule has 0 aromatic carbocycles. The molecule has 1 aliphatic rings. The first-order chi connectivity index (χ1) is 6.70. The lowest BCUT2D eigenvalue weighted by molar-refractivity contribution is -0.123. The van der Waals surface area contributed by atoms with Gasteiger partial charge in [-0.05, 0) is 19.3 Å². The molecule has 0 aliphatic heterocycles. The molecule has 1 atom stereocenters. The van der Waals surface area contributed by atoms with Crippen LogP contribution in [0.4, 0.5) is 0 Å². The van der Waals surface area contributed by atoms with E-state index in [1.54, 1.807) is 7.11 Å². The Morgan fingerprint density at radius 2 is 2.29 bits per heavy atom. The van der Waals surface area contributed by atoms with Crippen LogP contribution >= 0.6 is 0 Å². The van der Waals surface area contributed by atoms with Crippen LogP contribution in [0.3, 0.4) is 0 Å². The molecule has 0 aromatic rings. The molecule has 1 unspecified atom stereocenters. The van der Waals surface area contributed by atoms with Crippen molar-refractivity contribution in [2.24, 2.45) is 5.73 Å². The zero-order valence-corrected chi connectivity index (χ0v) is 9.03. The summed E-state index contributed by atoms with van der Waals surface area (Å²) in [5.41, 5.74) is 5.36. The molecule has 0 aromatic heterocycles. The summed E-state index contributed by atoms with van der Waals surface area (Å²) in [7, 11) is 1.68. The number of carbonyl (C=O) groups excluding carboxylic acids is 1. The van der Waals surface area contributed by atoms with E-state index < -0.39 is 0 Å². The third kappa shape index (κ3) is 2.96. The van der Waals surface area contributed by atoms with Crippen molar-refractivity contribution in [2.45, 2.75) is 38.3 Å². The summed E-state index contributed by atoms with van der Waals surface area (Å²) in [5, 5.41) is 0. The minimum absolute atomic E-state index is 0.113. The topological polar surface area (TPSA) is 55.6 Å². The van der Waals surface area contributed by atoms with Crippen molar-refractivity contribution in [3.8, 4) is 0 Å². The molecule has 2 N–H and O–H groups in total. The third-order valence-corrected chi connectivity index (χ3v) is 2.68. The van der Waals surface area contributed by atoms with Crippen LogP contribution in [-0.2, 0) is 9.53 Å². The van der Waals surface area contributed by atoms with E-state index in [4.69, 9.17) is 10.5 Å². The highest BCUT2D eigenvalue weighted by atomic mass is 16.5. The molecule has 0 radical (unpaired) electrons. The van der Waals surface area contributed by atoms with Crippen LogP contribution < -0.4 is 5.73 Å². The summed E-state index contributed by atoms with van der Waals surface area (Å²) >= 11 is 0. The van der Waals surface area contributed by atoms with Gasteiger partial charge in [0.1, 0.15) is 0 Å². The second-order valence-electron chi connectivity index (χ2n) is 3.79. The van der Waals surface area contributed by atoms with E-state index in [0.29, 0.717) is 12.6 Å². The first-order valence-electron chi connectivity index (χ1n) is 5.24. The molecular formula is C10H20N2O2. The van der Waals surface area contributed by atoms with Crippen LogP contribution in [-0.4, -0.2) is 43.2 Å². The number of methoxy groups -OCH3 is 1. The zero-order chi connectivity index (χ0) is 10.6. The van der Waals surface area contributed by atoms with E-state index in [1.165, 1.54) is 12.8 Å². The van der Waals surface area contributed by atoms with Gasteiger partial charge in [-0.25, -0.2) is 0 Å². The highest BCUT2D eigenvalue weighted by Gasteiger charge is 2.35. The maximum atomic E-state index is 11.2. The van der Waals surface area contributed by atoms with Gasteiger partial charge in [0, 0.05) is 19.7 Å². The lowest BCUT2D eigenvalue weighted by Crippen LogP contribution is -2.46. The number of ether oxygens (including phenoxy) is 1. The predicted octanol–water partition coefficient (Wildman–Crippen LogP) is 0.361. The zero-order valence-electron chi connectivity index (χ0n) is 9.03. The standard InChI is InChI=1S/C10H20N2O2/c1-3-9(10(11)13)12(6-7-14-2)8-4-5-8/h8-9H,3-7H2,1-2H3,(H2,11,13). The molecule has 0 heterocycles. The fourth-order valence-electron chi connectivity index (χ4n) is 1.79. The first-order valence-corrected chi connectivity index (χ1v) is 5.24. The number of hydrogen-bond donors (Lipinski definition) is 1. The Morgan fingerprint density at radius 3 is 2.64 bits per heavy atom. The third-order valence-electron chi connectivity index (χ3n) is 2.68. The molecule has 1 fully saturated rings. The number of nitrogens with zero attached hydrogens (tertiary/aromatic N) is 1. The minimum atomic E-state index is -0.212. The van der Waals surface area contributed by atoms with Gasteiger partial charge in [-0.15, -0.1) is 0 Å². The van der Waals surface area contributed by atoms with E-state index in [-0.39, 0.29) is 11.9 Å². The van der Waals surface area contributed by atoms with E-state index in [1.807, 2.05) is 6.92 Å². The Labute approximate surface area is 85.4 Å². The molecule has 1 amide bonds. The van der Waals surface area contributed by atoms with Crippen molar-refractivity contribution in [2.75, 3.05) is 20.3 Å². The van der Waals surface area contributed by atoms with Crippen molar-refractivity contribution in [1.82, 2.24) is 4.90 Å². The molecule has 0 saturated heterocycles. The van der Waals surface area contributed by atoms with E-state index in [9.17, 15) is 4.79 Å². The predicted molar refractivity (Wildman–Crippen MR) is 54.9 cm³/mol. The molecule has 1 rings (SSSR count). The van der Waals surface area contributed by atoms with Gasteiger partial charge < -0.3 is 10.5 Å². The van der Waals surface area contributed by atoms with Crippen molar-refractivity contribution in [1.29, 1.82) is 0 Å². The fourth-order valence-corrected chi connectivity index (χ4v) is 1.79. The van der Waals surface area contributed by atoms with Gasteiger partial charge in [0.25, 0.3) is 0 Å². The number of rotatable bonds is 7. The van der Waals surface area contributed by atoms with Gasteiger partial charge in [0.2, 0.25) is 5.91 Å². The summed E-state index contributed by atoms with van der Waals surface area (Å²) in [4.78, 5) is 13.4. The number of primary amides is 1. The molecule has 14 heavy (non-hydrogen) atoms. The maximum Gasteiger partial charge on any atom is 0.234 e. The van der Waals surface area contributed by atoms with Crippen molar-refractivity contribution < 1.29 is 9.53 Å². The van der Waals surface area contributed by atoms with E-state index in [2.05, 4.69) is 4.90 Å². The van der Waals surface area contributed by atoms with Gasteiger partial charge in [0.05, 0.1) is 12.6 Å². The van der Waals surface area contributed by atoms with Gasteiger partial charge in [0.15, 0.2) is 0 Å². The smallest absolute Gasteiger partial charge is 0.234 e. The summed E-state index contributed by atoms with van der Waals surface area (Å²) in [6.07, 6.45) is 3.16. The summed E-state index contributed by atoms with van der Waals surface area (Å²) in [6.45, 7) is 3.47. The Bertz CT molecular complexity index is 193. The molecule has 1 aliphatic carbocycles. The van der Waals surface area contributed by atoms with Crippen LogP contribution in [0.1, 0.15) is 26.2 Å². The van der Waals surface area contributed by atoms with E-state index >= 15 is 0 Å². The second kappa shape index (κ2) is 5.32. The van der Waals surface area contributed by atoms with Crippen molar-refractivity contribution in [3.63, 3.8) is 0 Å². The average Bonchev–Trinajstić information content (AvgIpc) is 2.94. The van der Waals surface area contributed by atoms with Crippen LogP contribution in [0, 0.1) is 0 Å². The number of hydrogen-bond acceptors (Lipinski definition) is 3. The quantitative estimate of drug-likeness (QED) is 0.645. The molecular weight excluding hydrogens is 180 g/mol. The van der Waals surface area contributed by atoms with Crippen LogP contribution in [0.2, 0.25) is 0 Å². The minimum Gasteiger partial charge on any atom is -0.383 e. The highest BCUT2D eigenvalue weighted by Crippen LogP contribution is 2.29. The number of carbonyl (C=O) groups is 1. The normalized spacial score (nSPS) is 18.5. The second-order valence-corrected chi connectivity index (χ2v) is 3.79. The lowest BCUT2D eigenvalue weighted by Gasteiger charge is -2.28. The van der Waals surface area contributed by atoms with Gasteiger partial charge in [-0.3, -0.25) is 9.69 Å². The SMILES string of the molecule is CCC(C(N)=O)N(CCOC)C1CC1. The Hall–Kier alpha value is -0.610. The molecule has 0 spiro atoms. The van der Waals surface area contributed by atoms with Crippen LogP contribution in [0.15, 0.2) is 0 Å². The van der Waals surface area contributed by atoms with Gasteiger partial charge >= 0.3 is 0 Å². The van der Waals surface area contributed by atoms with Crippen LogP contribution in [0.5, 0.6) is 0 Å². The largest absolute Gasteiger partial charge is 0.383 e. The maximum absolute atomic E-state index is 11.2. The van der Waals surface area contributed by atoms with Crippen molar-refractivity contribution >= 4 is 5.91 Å². The Balaban J connectivity index is 2.50. The van der Waals surface area contributed by atoms with Crippen molar-refractivity contribution in [3.05, 3.63) is 0 Å². The Kier molecular flexibility index (Phi) is 4.35. The number of nitrogens with two attached hydrogens (primary N) is 1. The molecule has 0 bridgehead atoms. The molecule has 4 heteroatoms. The first kappa shape index (κ1) is 11.5. The van der Waals surface area contributed by atoms with Crippen LogP contribution in [0.25, 0.3) is 0 Å². The molecule has 82 valence electrons. The summed E-state index contributed by atoms with van der Waals surface area (Å²) < 4.78 is 5.03. The summed E-state index contributed by atoms with van der Waals surface area (Å²) in [5.74, 6) is -0.212. The molecule has 1 saturated carbocycles. The monoisotopic (exact) mass is 200 g/mol. The van der Waals surface area contributed by atoms with E-state index in [0.717, 1.165) is 13.0 Å². The summed E-state index contributed by atoms with van der Waals surface area (Å²) in [6, 6.07) is 0.445. The Morgan fingerprint density at radius 1 is 1.64 bits per heavy atom. The van der Waals surface area contributed by atoms with Gasteiger partial charge in [-0.1, -0.05) is 6.92 Å². The van der Waals surface area contributed by atoms with Gasteiger partial charge in [-0.2, -0.15) is 0 Å². The molecule has 4 nitrogen and oxygen atoms in total. The number of amides is 1. The lowest BCUT2D eigenvalue weighted by atomic mass is 10.1. The average molecular weight is 200 g/mol.